The summed E-state index contributed by atoms with van der Waals surface area (Å²) < 4.78 is 10.8. The average Bonchev–Trinajstić information content (AvgIpc) is 2.26. The highest BCUT2D eigenvalue weighted by Gasteiger charge is 2.23. The fourth-order valence-corrected chi connectivity index (χ4v) is 2.06. The number of rotatable bonds is 2. The van der Waals surface area contributed by atoms with Crippen molar-refractivity contribution in [1.29, 1.82) is 0 Å². The van der Waals surface area contributed by atoms with Gasteiger partial charge in [0, 0.05) is 19.2 Å². The van der Waals surface area contributed by atoms with Crippen LogP contribution in [-0.2, 0) is 4.74 Å². The van der Waals surface area contributed by atoms with Crippen LogP contribution in [0.1, 0.15) is 13.8 Å². The molecule has 2 atom stereocenters. The molecule has 2 heterocycles. The Balaban J connectivity index is 2.23. The average molecular weight is 238 g/mol. The van der Waals surface area contributed by atoms with Gasteiger partial charge in [-0.25, -0.2) is 0 Å². The van der Waals surface area contributed by atoms with E-state index in [1.165, 1.54) is 0 Å². The van der Waals surface area contributed by atoms with Crippen molar-refractivity contribution < 1.29 is 9.47 Å². The summed E-state index contributed by atoms with van der Waals surface area (Å²) in [6, 6.07) is 1.79. The summed E-state index contributed by atoms with van der Waals surface area (Å²) in [6.07, 6.45) is 0.363. The normalized spacial score (nSPS) is 24.8. The van der Waals surface area contributed by atoms with E-state index in [4.69, 9.17) is 15.2 Å². The van der Waals surface area contributed by atoms with E-state index in [1.54, 1.807) is 13.2 Å². The monoisotopic (exact) mass is 238 g/mol. The molecule has 2 N–H and O–H groups in total. The second kappa shape index (κ2) is 4.75. The van der Waals surface area contributed by atoms with Gasteiger partial charge in [0.15, 0.2) is 0 Å². The largest absolute Gasteiger partial charge is 0.481 e. The maximum absolute atomic E-state index is 5.68. The minimum Gasteiger partial charge on any atom is -0.481 e. The molecular formula is C11H18N4O2. The first-order valence-electron chi connectivity index (χ1n) is 5.67. The van der Waals surface area contributed by atoms with Crippen molar-refractivity contribution in [1.82, 2.24) is 9.97 Å². The minimum absolute atomic E-state index is 0.181. The summed E-state index contributed by atoms with van der Waals surface area (Å²) in [5.74, 6) is 1.50. The third-order valence-electron chi connectivity index (χ3n) is 2.66. The van der Waals surface area contributed by atoms with Crippen molar-refractivity contribution in [3.05, 3.63) is 6.07 Å². The quantitative estimate of drug-likeness (QED) is 0.816. The van der Waals surface area contributed by atoms with E-state index in [1.807, 2.05) is 13.8 Å². The highest BCUT2D eigenvalue weighted by Crippen LogP contribution is 2.22. The van der Waals surface area contributed by atoms with E-state index < -0.39 is 0 Å². The van der Waals surface area contributed by atoms with Crippen molar-refractivity contribution in [3.63, 3.8) is 0 Å². The summed E-state index contributed by atoms with van der Waals surface area (Å²) in [5, 5.41) is 0. The molecule has 0 aromatic carbocycles. The number of hydrogen-bond donors (Lipinski definition) is 1. The van der Waals surface area contributed by atoms with E-state index in [0.29, 0.717) is 5.88 Å². The van der Waals surface area contributed by atoms with Crippen LogP contribution in [0.25, 0.3) is 0 Å². The molecule has 0 saturated carbocycles. The Morgan fingerprint density at radius 2 is 2.00 bits per heavy atom. The summed E-state index contributed by atoms with van der Waals surface area (Å²) in [7, 11) is 1.57. The van der Waals surface area contributed by atoms with Gasteiger partial charge in [-0.15, -0.1) is 0 Å². The first-order chi connectivity index (χ1) is 8.08. The smallest absolute Gasteiger partial charge is 0.225 e. The molecule has 0 spiro atoms. The van der Waals surface area contributed by atoms with Gasteiger partial charge in [0.05, 0.1) is 19.3 Å². The van der Waals surface area contributed by atoms with Crippen LogP contribution in [0.2, 0.25) is 0 Å². The molecule has 1 aromatic rings. The van der Waals surface area contributed by atoms with Crippen molar-refractivity contribution in [3.8, 4) is 5.88 Å². The van der Waals surface area contributed by atoms with Crippen LogP contribution in [0, 0.1) is 0 Å². The van der Waals surface area contributed by atoms with E-state index in [0.717, 1.165) is 18.9 Å². The highest BCUT2D eigenvalue weighted by atomic mass is 16.5. The topological polar surface area (TPSA) is 73.5 Å². The van der Waals surface area contributed by atoms with Gasteiger partial charge < -0.3 is 20.1 Å². The predicted molar refractivity (Wildman–Crippen MR) is 65.2 cm³/mol. The van der Waals surface area contributed by atoms with Crippen LogP contribution in [-0.4, -0.2) is 42.4 Å². The van der Waals surface area contributed by atoms with Crippen molar-refractivity contribution in [2.75, 3.05) is 30.8 Å². The molecule has 0 amide bonds. The number of nitrogens with zero attached hydrogens (tertiary/aromatic N) is 3. The molecular weight excluding hydrogens is 220 g/mol. The standard InChI is InChI=1S/C11H18N4O2/c1-7-5-15(6-8(2)17-7)9-4-10(16-3)14-11(12)13-9/h4,7-8H,5-6H2,1-3H3,(H2,12,13,14)/t7-,8+. The van der Waals surface area contributed by atoms with Crippen molar-refractivity contribution in [2.45, 2.75) is 26.1 Å². The Bertz CT molecular complexity index is 389. The molecule has 1 aromatic heterocycles. The summed E-state index contributed by atoms with van der Waals surface area (Å²) in [5.41, 5.74) is 5.65. The Hall–Kier alpha value is -1.56. The molecule has 94 valence electrons. The van der Waals surface area contributed by atoms with Crippen LogP contribution in [0.3, 0.4) is 0 Å². The molecule has 6 heteroatoms. The molecule has 0 bridgehead atoms. The maximum atomic E-state index is 5.68. The van der Waals surface area contributed by atoms with Gasteiger partial charge in [-0.2, -0.15) is 9.97 Å². The predicted octanol–water partition coefficient (Wildman–Crippen LogP) is 0.681. The maximum Gasteiger partial charge on any atom is 0.225 e. The molecule has 1 aliphatic heterocycles. The molecule has 0 aliphatic carbocycles. The van der Waals surface area contributed by atoms with Gasteiger partial charge >= 0.3 is 0 Å². The van der Waals surface area contributed by atoms with E-state index in [9.17, 15) is 0 Å². The van der Waals surface area contributed by atoms with E-state index in [2.05, 4.69) is 14.9 Å². The van der Waals surface area contributed by atoms with E-state index >= 15 is 0 Å². The zero-order valence-electron chi connectivity index (χ0n) is 10.4. The van der Waals surface area contributed by atoms with Crippen LogP contribution in [0.5, 0.6) is 5.88 Å². The fourth-order valence-electron chi connectivity index (χ4n) is 2.06. The minimum atomic E-state index is 0.181. The number of hydrogen-bond acceptors (Lipinski definition) is 6. The van der Waals surface area contributed by atoms with Gasteiger partial charge in [0.2, 0.25) is 11.8 Å². The fraction of sp³-hybridized carbons (Fsp3) is 0.636. The number of ether oxygens (including phenoxy) is 2. The third kappa shape index (κ3) is 2.76. The lowest BCUT2D eigenvalue weighted by molar-refractivity contribution is -0.00547. The number of morpholine rings is 1. The third-order valence-corrected chi connectivity index (χ3v) is 2.66. The summed E-state index contributed by atoms with van der Waals surface area (Å²) in [6.45, 7) is 5.68. The van der Waals surface area contributed by atoms with Crippen LogP contribution >= 0.6 is 0 Å². The molecule has 0 radical (unpaired) electrons. The first kappa shape index (κ1) is 11.9. The van der Waals surface area contributed by atoms with Gasteiger partial charge in [0.1, 0.15) is 5.82 Å². The number of anilines is 2. The first-order valence-corrected chi connectivity index (χ1v) is 5.67. The van der Waals surface area contributed by atoms with Crippen molar-refractivity contribution in [2.24, 2.45) is 0 Å². The molecule has 17 heavy (non-hydrogen) atoms. The lowest BCUT2D eigenvalue weighted by atomic mass is 10.2. The Labute approximate surface area is 101 Å². The number of nitrogens with two attached hydrogens (primary N) is 1. The number of nitrogen functional groups attached to an aromatic ring is 1. The van der Waals surface area contributed by atoms with Crippen LogP contribution < -0.4 is 15.4 Å². The van der Waals surface area contributed by atoms with Crippen LogP contribution in [0.4, 0.5) is 11.8 Å². The molecule has 0 unspecified atom stereocenters. The highest BCUT2D eigenvalue weighted by molar-refractivity contribution is 5.46. The zero-order valence-corrected chi connectivity index (χ0v) is 10.4. The van der Waals surface area contributed by atoms with E-state index in [-0.39, 0.29) is 18.2 Å². The Morgan fingerprint density at radius 3 is 2.59 bits per heavy atom. The number of methoxy groups -OCH3 is 1. The van der Waals surface area contributed by atoms with Gasteiger partial charge in [-0.3, -0.25) is 0 Å². The molecule has 6 nitrogen and oxygen atoms in total. The van der Waals surface area contributed by atoms with Gasteiger partial charge in [0.25, 0.3) is 0 Å². The zero-order chi connectivity index (χ0) is 12.4. The van der Waals surface area contributed by atoms with Crippen LogP contribution in [0.15, 0.2) is 6.07 Å². The summed E-state index contributed by atoms with van der Waals surface area (Å²) >= 11 is 0. The van der Waals surface area contributed by atoms with Crippen molar-refractivity contribution >= 4 is 11.8 Å². The second-order valence-corrected chi connectivity index (χ2v) is 4.29. The second-order valence-electron chi connectivity index (χ2n) is 4.29. The van der Waals surface area contributed by atoms with Gasteiger partial charge in [-0.05, 0) is 13.8 Å². The lowest BCUT2D eigenvalue weighted by Gasteiger charge is -2.36. The molecule has 1 fully saturated rings. The molecule has 1 aliphatic rings. The Morgan fingerprint density at radius 1 is 1.35 bits per heavy atom. The lowest BCUT2D eigenvalue weighted by Crippen LogP contribution is -2.45. The molecule has 2 rings (SSSR count). The Kier molecular flexibility index (Phi) is 3.33. The SMILES string of the molecule is COc1cc(N2C[C@@H](C)O[C@@H](C)C2)nc(N)n1. The summed E-state index contributed by atoms with van der Waals surface area (Å²) in [4.78, 5) is 10.3. The van der Waals surface area contributed by atoms with Gasteiger partial charge in [-0.1, -0.05) is 0 Å². The molecule has 1 saturated heterocycles. The number of aromatic nitrogens is 2.